The lowest BCUT2D eigenvalue weighted by Gasteiger charge is -2.14. The zero-order valence-corrected chi connectivity index (χ0v) is 19.5. The number of carboxylic acid groups (broad SMARTS) is 1. The average Bonchev–Trinajstić information content (AvgIpc) is 3.11. The van der Waals surface area contributed by atoms with Gasteiger partial charge < -0.3 is 15.2 Å². The molecule has 1 aliphatic heterocycles. The Morgan fingerprint density at radius 2 is 1.76 bits per heavy atom. The minimum Gasteiger partial charge on any atom is -0.497 e. The van der Waals surface area contributed by atoms with Crippen LogP contribution < -0.4 is 15.0 Å². The van der Waals surface area contributed by atoms with Gasteiger partial charge in [0.1, 0.15) is 5.75 Å². The molecule has 3 aromatic carbocycles. The summed E-state index contributed by atoms with van der Waals surface area (Å²) in [6.07, 6.45) is 1.68. The van der Waals surface area contributed by atoms with Gasteiger partial charge in [0.05, 0.1) is 23.3 Å². The molecule has 34 heavy (non-hydrogen) atoms. The van der Waals surface area contributed by atoms with Crippen LogP contribution in [0.1, 0.15) is 26.3 Å². The maximum absolute atomic E-state index is 13.0. The van der Waals surface area contributed by atoms with E-state index in [0.717, 1.165) is 11.8 Å². The highest BCUT2D eigenvalue weighted by Crippen LogP contribution is 2.36. The molecule has 7 nitrogen and oxygen atoms in total. The summed E-state index contributed by atoms with van der Waals surface area (Å²) in [5.74, 6) is -1.04. The van der Waals surface area contributed by atoms with Crippen LogP contribution in [0.4, 0.5) is 11.4 Å². The molecule has 2 N–H and O–H groups in total. The summed E-state index contributed by atoms with van der Waals surface area (Å²) >= 11 is 6.50. The molecule has 0 aliphatic carbocycles. The number of carbonyl (C=O) groups is 3. The van der Waals surface area contributed by atoms with E-state index in [9.17, 15) is 19.5 Å². The fraction of sp³-hybridized carbons (Fsp3) is 0.0400. The number of thioether (sulfide) groups is 1. The van der Waals surface area contributed by atoms with Crippen molar-refractivity contribution in [3.63, 3.8) is 0 Å². The van der Waals surface area contributed by atoms with Crippen molar-refractivity contribution in [2.75, 3.05) is 17.3 Å². The first kappa shape index (κ1) is 23.2. The van der Waals surface area contributed by atoms with Crippen molar-refractivity contribution in [3.8, 4) is 5.75 Å². The summed E-state index contributed by atoms with van der Waals surface area (Å²) in [4.78, 5) is 38.6. The van der Waals surface area contributed by atoms with Crippen molar-refractivity contribution in [2.24, 2.45) is 0 Å². The molecule has 0 unspecified atom stereocenters. The molecule has 0 aromatic heterocycles. The molecule has 0 radical (unpaired) electrons. The lowest BCUT2D eigenvalue weighted by atomic mass is 10.1. The molecule has 0 bridgehead atoms. The van der Waals surface area contributed by atoms with Crippen LogP contribution in [0.15, 0.2) is 77.7 Å². The van der Waals surface area contributed by atoms with Gasteiger partial charge in [0.25, 0.3) is 11.8 Å². The minimum absolute atomic E-state index is 0.0656. The second kappa shape index (κ2) is 9.90. The summed E-state index contributed by atoms with van der Waals surface area (Å²) in [5.41, 5.74) is 2.21. The smallest absolute Gasteiger partial charge is 0.335 e. The Balaban J connectivity index is 1.53. The molecular formula is C25H18N2O5S2. The molecule has 1 fully saturated rings. The molecule has 1 aliphatic rings. The molecule has 9 heteroatoms. The van der Waals surface area contributed by atoms with Gasteiger partial charge in [-0.05, 0) is 66.2 Å². The zero-order valence-electron chi connectivity index (χ0n) is 17.8. The number of hydrogen-bond donors (Lipinski definition) is 2. The maximum atomic E-state index is 13.0. The van der Waals surface area contributed by atoms with Gasteiger partial charge in [0, 0.05) is 11.3 Å². The maximum Gasteiger partial charge on any atom is 0.335 e. The number of ether oxygens (including phenoxy) is 1. The van der Waals surface area contributed by atoms with E-state index in [-0.39, 0.29) is 17.4 Å². The van der Waals surface area contributed by atoms with Gasteiger partial charge in [-0.1, -0.05) is 42.2 Å². The van der Waals surface area contributed by atoms with Crippen LogP contribution in [-0.2, 0) is 4.79 Å². The van der Waals surface area contributed by atoms with E-state index >= 15 is 0 Å². The van der Waals surface area contributed by atoms with Gasteiger partial charge in [-0.3, -0.25) is 14.5 Å². The normalized spacial score (nSPS) is 14.4. The van der Waals surface area contributed by atoms with Crippen LogP contribution in [0.2, 0.25) is 0 Å². The van der Waals surface area contributed by atoms with Crippen LogP contribution in [0.25, 0.3) is 6.08 Å². The van der Waals surface area contributed by atoms with Gasteiger partial charge in [0.15, 0.2) is 4.32 Å². The third kappa shape index (κ3) is 5.00. The number of aromatic carboxylic acids is 1. The Labute approximate surface area is 205 Å². The van der Waals surface area contributed by atoms with Crippen molar-refractivity contribution in [3.05, 3.63) is 94.4 Å². The molecular weight excluding hydrogens is 472 g/mol. The summed E-state index contributed by atoms with van der Waals surface area (Å²) in [5, 5.41) is 12.1. The summed E-state index contributed by atoms with van der Waals surface area (Å²) in [7, 11) is 1.56. The number of carbonyl (C=O) groups excluding carboxylic acids is 2. The van der Waals surface area contributed by atoms with E-state index in [2.05, 4.69) is 5.32 Å². The topological polar surface area (TPSA) is 95.9 Å². The second-order valence-electron chi connectivity index (χ2n) is 7.18. The van der Waals surface area contributed by atoms with E-state index in [1.807, 2.05) is 0 Å². The van der Waals surface area contributed by atoms with Gasteiger partial charge >= 0.3 is 5.97 Å². The Hall–Kier alpha value is -3.95. The monoisotopic (exact) mass is 490 g/mol. The number of nitrogens with zero attached hydrogens (tertiary/aromatic N) is 1. The van der Waals surface area contributed by atoms with Gasteiger partial charge in [-0.25, -0.2) is 4.79 Å². The first-order chi connectivity index (χ1) is 16.4. The Kier molecular flexibility index (Phi) is 6.76. The molecule has 3 aromatic rings. The molecule has 0 saturated carbocycles. The fourth-order valence-corrected chi connectivity index (χ4v) is 4.57. The van der Waals surface area contributed by atoms with Crippen molar-refractivity contribution in [1.82, 2.24) is 0 Å². The summed E-state index contributed by atoms with van der Waals surface area (Å²) in [6, 6.07) is 19.9. The van der Waals surface area contributed by atoms with E-state index in [4.69, 9.17) is 17.0 Å². The second-order valence-corrected chi connectivity index (χ2v) is 8.86. The third-order valence-corrected chi connectivity index (χ3v) is 6.24. The van der Waals surface area contributed by atoms with Crippen molar-refractivity contribution in [1.29, 1.82) is 0 Å². The Bertz CT molecular complexity index is 1340. The van der Waals surface area contributed by atoms with Crippen LogP contribution in [0.3, 0.4) is 0 Å². The first-order valence-corrected chi connectivity index (χ1v) is 11.2. The van der Waals surface area contributed by atoms with E-state index in [1.54, 1.807) is 73.8 Å². The van der Waals surface area contributed by atoms with Gasteiger partial charge in [-0.2, -0.15) is 0 Å². The quantitative estimate of drug-likeness (QED) is 0.369. The SMILES string of the molecule is COc1ccc(C(=O)Nc2cccc(/C=C3\SC(=S)N(c4cccc(C(=O)O)c4)C3=O)c2)cc1. The van der Waals surface area contributed by atoms with E-state index < -0.39 is 5.97 Å². The number of nitrogens with one attached hydrogen (secondary N) is 1. The van der Waals surface area contributed by atoms with Crippen molar-refractivity contribution in [2.45, 2.75) is 0 Å². The highest BCUT2D eigenvalue weighted by atomic mass is 32.2. The van der Waals surface area contributed by atoms with Crippen LogP contribution >= 0.6 is 24.0 Å². The summed E-state index contributed by atoms with van der Waals surface area (Å²) < 4.78 is 5.42. The summed E-state index contributed by atoms with van der Waals surface area (Å²) in [6.45, 7) is 0. The molecule has 1 heterocycles. The Morgan fingerprint density at radius 1 is 1.03 bits per heavy atom. The fourth-order valence-electron chi connectivity index (χ4n) is 3.27. The standard InChI is InChI=1S/C25H18N2O5S2/c1-32-20-10-8-16(9-11-20)22(28)26-18-6-2-4-15(12-18)13-21-23(29)27(25(33)34-21)19-7-3-5-17(14-19)24(30)31/h2-14H,1H3,(H,26,28)(H,30,31)/b21-13-. The number of hydrogen-bond acceptors (Lipinski definition) is 6. The molecule has 4 rings (SSSR count). The van der Waals surface area contributed by atoms with E-state index in [0.29, 0.717) is 37.5 Å². The largest absolute Gasteiger partial charge is 0.497 e. The Morgan fingerprint density at radius 3 is 2.47 bits per heavy atom. The van der Waals surface area contributed by atoms with Crippen LogP contribution in [0.5, 0.6) is 5.75 Å². The van der Waals surface area contributed by atoms with E-state index in [1.165, 1.54) is 17.0 Å². The minimum atomic E-state index is -1.09. The molecule has 0 spiro atoms. The number of methoxy groups -OCH3 is 1. The lowest BCUT2D eigenvalue weighted by Crippen LogP contribution is -2.27. The van der Waals surface area contributed by atoms with Crippen LogP contribution in [0, 0.1) is 0 Å². The predicted molar refractivity (Wildman–Crippen MR) is 136 cm³/mol. The molecule has 170 valence electrons. The third-order valence-electron chi connectivity index (χ3n) is 4.94. The van der Waals surface area contributed by atoms with Gasteiger partial charge in [0.2, 0.25) is 0 Å². The van der Waals surface area contributed by atoms with Crippen LogP contribution in [-0.4, -0.2) is 34.3 Å². The number of rotatable bonds is 6. The van der Waals surface area contributed by atoms with Gasteiger partial charge in [-0.15, -0.1) is 0 Å². The highest BCUT2D eigenvalue weighted by molar-refractivity contribution is 8.27. The number of anilines is 2. The average molecular weight is 491 g/mol. The van der Waals surface area contributed by atoms with Crippen molar-refractivity contribution >= 4 is 63.5 Å². The molecule has 2 amide bonds. The zero-order chi connectivity index (χ0) is 24.2. The molecule has 1 saturated heterocycles. The van der Waals surface area contributed by atoms with Crippen molar-refractivity contribution < 1.29 is 24.2 Å². The number of thiocarbonyl (C=S) groups is 1. The highest BCUT2D eigenvalue weighted by Gasteiger charge is 2.33. The first-order valence-electron chi connectivity index (χ1n) is 10.0. The predicted octanol–water partition coefficient (Wildman–Crippen LogP) is 5.05. The molecule has 0 atom stereocenters. The lowest BCUT2D eigenvalue weighted by molar-refractivity contribution is -0.113. The number of amides is 2. The number of carboxylic acids is 1. The number of benzene rings is 3.